The van der Waals surface area contributed by atoms with Crippen molar-refractivity contribution in [2.45, 2.75) is 25.9 Å². The maximum absolute atomic E-state index is 11.1. The highest BCUT2D eigenvalue weighted by molar-refractivity contribution is 5.79. The van der Waals surface area contributed by atoms with Crippen LogP contribution in [-0.2, 0) is 9.53 Å². The van der Waals surface area contributed by atoms with E-state index in [1.54, 1.807) is 6.92 Å². The predicted octanol–water partition coefficient (Wildman–Crippen LogP) is -0.0327. The maximum atomic E-state index is 11.1. The Kier molecular flexibility index (Phi) is 4.33. The molecule has 0 saturated carbocycles. The van der Waals surface area contributed by atoms with Crippen molar-refractivity contribution in [3.05, 3.63) is 10.1 Å². The van der Waals surface area contributed by atoms with Gasteiger partial charge in [-0.05, 0) is 13.3 Å². The summed E-state index contributed by atoms with van der Waals surface area (Å²) in [6, 6.07) is 0. The van der Waals surface area contributed by atoms with Crippen molar-refractivity contribution in [2.75, 3.05) is 13.2 Å². The van der Waals surface area contributed by atoms with Crippen LogP contribution in [0, 0.1) is 10.1 Å². The summed E-state index contributed by atoms with van der Waals surface area (Å²) in [4.78, 5) is 20.4. The summed E-state index contributed by atoms with van der Waals surface area (Å²) in [5, 5.41) is 19.6. The summed E-state index contributed by atoms with van der Waals surface area (Å²) in [6.45, 7) is 2.34. The van der Waals surface area contributed by atoms with Crippen molar-refractivity contribution in [1.29, 1.82) is 0 Å². The van der Waals surface area contributed by atoms with Crippen molar-refractivity contribution in [1.82, 2.24) is 0 Å². The Labute approximate surface area is 75.7 Å². The van der Waals surface area contributed by atoms with E-state index in [0.29, 0.717) is 0 Å². The van der Waals surface area contributed by atoms with E-state index in [0.717, 1.165) is 0 Å². The third kappa shape index (κ3) is 3.37. The van der Waals surface area contributed by atoms with E-state index in [4.69, 9.17) is 0 Å². The third-order valence-corrected chi connectivity index (χ3v) is 1.63. The molecule has 0 bridgehead atoms. The lowest BCUT2D eigenvalue weighted by atomic mass is 10.0. The van der Waals surface area contributed by atoms with Crippen molar-refractivity contribution < 1.29 is 19.6 Å². The Hall–Kier alpha value is -1.17. The van der Waals surface area contributed by atoms with E-state index in [9.17, 15) is 20.0 Å². The number of nitrogens with zero attached hydrogens (tertiary/aromatic N) is 1. The fraction of sp³-hybridized carbons (Fsp3) is 0.857. The molecule has 0 radical (unpaired) electrons. The predicted molar refractivity (Wildman–Crippen MR) is 43.7 cm³/mol. The van der Waals surface area contributed by atoms with Gasteiger partial charge in [0.05, 0.1) is 6.61 Å². The number of hydrogen-bond acceptors (Lipinski definition) is 5. The molecule has 0 aliphatic rings. The fourth-order valence-corrected chi connectivity index (χ4v) is 0.800. The largest absolute Gasteiger partial charge is 0.464 e. The summed E-state index contributed by atoms with van der Waals surface area (Å²) in [6.07, 6.45) is -0.0349. The highest BCUT2D eigenvalue weighted by atomic mass is 16.6. The number of ether oxygens (including phenoxy) is 1. The number of hydrogen-bond donors (Lipinski definition) is 1. The average Bonchev–Trinajstić information content (AvgIpc) is 2.03. The molecular formula is C7H13NO5. The van der Waals surface area contributed by atoms with Crippen LogP contribution in [0.1, 0.15) is 20.3 Å². The fourth-order valence-electron chi connectivity index (χ4n) is 0.800. The second-order valence-corrected chi connectivity index (χ2v) is 2.60. The van der Waals surface area contributed by atoms with Gasteiger partial charge in [-0.15, -0.1) is 0 Å². The Morgan fingerprint density at radius 3 is 2.46 bits per heavy atom. The van der Waals surface area contributed by atoms with Crippen molar-refractivity contribution in [3.63, 3.8) is 0 Å². The Morgan fingerprint density at radius 2 is 2.15 bits per heavy atom. The van der Waals surface area contributed by atoms with Crippen LogP contribution in [0.2, 0.25) is 0 Å². The van der Waals surface area contributed by atoms with Gasteiger partial charge >= 0.3 is 5.97 Å². The van der Waals surface area contributed by atoms with E-state index >= 15 is 0 Å². The third-order valence-electron chi connectivity index (χ3n) is 1.63. The summed E-state index contributed by atoms with van der Waals surface area (Å²) >= 11 is 0. The molecule has 0 heterocycles. The molecule has 0 saturated heterocycles. The van der Waals surface area contributed by atoms with Gasteiger partial charge in [0.1, 0.15) is 0 Å². The zero-order valence-electron chi connectivity index (χ0n) is 7.65. The van der Waals surface area contributed by atoms with Gasteiger partial charge < -0.3 is 9.84 Å². The summed E-state index contributed by atoms with van der Waals surface area (Å²) in [7, 11) is 0. The van der Waals surface area contributed by atoms with Crippen molar-refractivity contribution in [2.24, 2.45) is 0 Å². The Bertz CT molecular complexity index is 205. The molecule has 0 aliphatic heterocycles. The van der Waals surface area contributed by atoms with Crippen molar-refractivity contribution >= 4 is 5.97 Å². The zero-order valence-corrected chi connectivity index (χ0v) is 7.65. The first-order valence-electron chi connectivity index (χ1n) is 3.97. The number of aliphatic hydroxyl groups is 1. The maximum Gasteiger partial charge on any atom is 0.345 e. The molecule has 0 aromatic rings. The van der Waals surface area contributed by atoms with Crippen LogP contribution in [-0.4, -0.2) is 34.8 Å². The number of nitro groups is 1. The first kappa shape index (κ1) is 11.8. The molecule has 13 heavy (non-hydrogen) atoms. The second kappa shape index (κ2) is 4.76. The van der Waals surface area contributed by atoms with Crippen LogP contribution >= 0.6 is 0 Å². The molecule has 6 nitrogen and oxygen atoms in total. The minimum atomic E-state index is -1.99. The molecule has 0 aromatic carbocycles. The molecule has 0 aliphatic carbocycles. The van der Waals surface area contributed by atoms with Gasteiger partial charge in [0.15, 0.2) is 0 Å². The highest BCUT2D eigenvalue weighted by Crippen LogP contribution is 2.12. The van der Waals surface area contributed by atoms with E-state index in [-0.39, 0.29) is 13.0 Å². The monoisotopic (exact) mass is 191 g/mol. The average molecular weight is 191 g/mol. The number of carbonyl (C=O) groups excluding carboxylic acids is 1. The van der Waals surface area contributed by atoms with Crippen molar-refractivity contribution in [3.8, 4) is 0 Å². The van der Waals surface area contributed by atoms with Crippen LogP contribution in [0.4, 0.5) is 0 Å². The van der Waals surface area contributed by atoms with Gasteiger partial charge in [-0.3, -0.25) is 10.1 Å². The van der Waals surface area contributed by atoms with Gasteiger partial charge in [-0.25, -0.2) is 4.79 Å². The minimum absolute atomic E-state index is 0.0349. The van der Waals surface area contributed by atoms with E-state index in [1.807, 2.05) is 0 Å². The lowest BCUT2D eigenvalue weighted by Gasteiger charge is -2.19. The zero-order chi connectivity index (χ0) is 10.5. The van der Waals surface area contributed by atoms with E-state index in [2.05, 4.69) is 4.74 Å². The molecule has 1 atom stereocenters. The van der Waals surface area contributed by atoms with Gasteiger partial charge in [0.25, 0.3) is 0 Å². The van der Waals surface area contributed by atoms with Gasteiger partial charge in [0, 0.05) is 4.92 Å². The first-order valence-corrected chi connectivity index (χ1v) is 3.97. The van der Waals surface area contributed by atoms with E-state index in [1.165, 1.54) is 6.92 Å². The Morgan fingerprint density at radius 1 is 1.62 bits per heavy atom. The van der Waals surface area contributed by atoms with Gasteiger partial charge in [-0.1, -0.05) is 6.92 Å². The van der Waals surface area contributed by atoms with Crippen LogP contribution in [0.25, 0.3) is 0 Å². The van der Waals surface area contributed by atoms with Crippen LogP contribution in [0.5, 0.6) is 0 Å². The lowest BCUT2D eigenvalue weighted by molar-refractivity contribution is -0.497. The molecule has 1 N–H and O–H groups in total. The minimum Gasteiger partial charge on any atom is -0.464 e. The summed E-state index contributed by atoms with van der Waals surface area (Å²) < 4.78 is 4.51. The van der Waals surface area contributed by atoms with E-state index < -0.39 is 23.0 Å². The van der Waals surface area contributed by atoms with Gasteiger partial charge in [0.2, 0.25) is 12.1 Å². The quantitative estimate of drug-likeness (QED) is 0.374. The second-order valence-electron chi connectivity index (χ2n) is 2.60. The molecule has 0 fully saturated rings. The molecule has 0 amide bonds. The smallest absolute Gasteiger partial charge is 0.345 e. The topological polar surface area (TPSA) is 89.7 Å². The molecule has 6 heteroatoms. The Balaban J connectivity index is 4.42. The molecular weight excluding hydrogens is 178 g/mol. The molecule has 0 aromatic heterocycles. The van der Waals surface area contributed by atoms with Crippen LogP contribution < -0.4 is 0 Å². The molecule has 1 unspecified atom stereocenters. The van der Waals surface area contributed by atoms with Crippen LogP contribution in [0.15, 0.2) is 0 Å². The molecule has 76 valence electrons. The molecule has 0 spiro atoms. The number of esters is 1. The lowest BCUT2D eigenvalue weighted by Crippen LogP contribution is -2.45. The normalized spacial score (nSPS) is 14.7. The summed E-state index contributed by atoms with van der Waals surface area (Å²) in [5.74, 6) is -0.936. The first-order chi connectivity index (χ1) is 5.96. The number of rotatable bonds is 5. The highest BCUT2D eigenvalue weighted by Gasteiger charge is 2.41. The van der Waals surface area contributed by atoms with Gasteiger partial charge in [-0.2, -0.15) is 0 Å². The van der Waals surface area contributed by atoms with Crippen LogP contribution in [0.3, 0.4) is 0 Å². The number of carbonyl (C=O) groups is 1. The SMILES string of the molecule is CCOC(=O)C(O)(CC)C[N+](=O)[O-]. The molecule has 0 rings (SSSR count). The summed E-state index contributed by atoms with van der Waals surface area (Å²) in [5.41, 5.74) is -1.99. The standard InChI is InChI=1S/C7H13NO5/c1-3-7(10,5-8(11)12)6(9)13-4-2/h10H,3-5H2,1-2H3.